The average Bonchev–Trinajstić information content (AvgIpc) is 2.53. The molecule has 0 spiro atoms. The molecule has 6 heteroatoms. The normalized spacial score (nSPS) is 20.7. The number of carbonyl (C=O) groups is 1. The number of ether oxygens (including phenoxy) is 1. The van der Waals surface area contributed by atoms with E-state index in [1.54, 1.807) is 36.4 Å². The molecule has 0 saturated carbocycles. The summed E-state index contributed by atoms with van der Waals surface area (Å²) in [6.45, 7) is 0. The molecule has 2 atom stereocenters. The van der Waals surface area contributed by atoms with Gasteiger partial charge in [0.05, 0.1) is 12.5 Å². The molecule has 3 nitrogen and oxygen atoms in total. The number of hydrogen-bond donors (Lipinski definition) is 1. The van der Waals surface area contributed by atoms with Crippen LogP contribution in [0.4, 0.5) is 4.39 Å². The Morgan fingerprint density at radius 1 is 1.20 bits per heavy atom. The highest BCUT2D eigenvalue weighted by atomic mass is 35.5. The Labute approximate surface area is 154 Å². The first-order valence-corrected chi connectivity index (χ1v) is 8.48. The zero-order valence-electron chi connectivity index (χ0n) is 13.1. The first-order chi connectivity index (χ1) is 11.9. The molecule has 1 saturated heterocycles. The Bertz CT molecular complexity index is 818. The van der Waals surface area contributed by atoms with Crippen LogP contribution < -0.4 is 0 Å². The highest BCUT2D eigenvalue weighted by Crippen LogP contribution is 2.34. The molecule has 1 aliphatic rings. The van der Waals surface area contributed by atoms with E-state index in [4.69, 9.17) is 27.9 Å². The summed E-state index contributed by atoms with van der Waals surface area (Å²) in [5.74, 6) is -0.772. The minimum atomic E-state index is -0.715. The largest absolute Gasteiger partial charge is 0.458 e. The van der Waals surface area contributed by atoms with E-state index in [9.17, 15) is 14.3 Å². The van der Waals surface area contributed by atoms with Crippen LogP contribution in [0.15, 0.2) is 42.5 Å². The van der Waals surface area contributed by atoms with Crippen LogP contribution in [0, 0.1) is 5.82 Å². The standard InChI is InChI=1S/C19H15Cl2FO3/c20-12-7-17(11-1-3-13(22)4-2-11)16(18(21)8-12)6-5-15-9-14(23)10-19(24)25-15/h1-8,14-15,23H,9-10H2/b6-5+/t14-,15-/m0/s1. The van der Waals surface area contributed by atoms with Gasteiger partial charge in [0.2, 0.25) is 0 Å². The molecular weight excluding hydrogens is 366 g/mol. The summed E-state index contributed by atoms with van der Waals surface area (Å²) in [4.78, 5) is 11.4. The highest BCUT2D eigenvalue weighted by molar-refractivity contribution is 6.36. The van der Waals surface area contributed by atoms with E-state index < -0.39 is 18.2 Å². The Morgan fingerprint density at radius 2 is 1.92 bits per heavy atom. The van der Waals surface area contributed by atoms with Crippen LogP contribution in [0.1, 0.15) is 18.4 Å². The van der Waals surface area contributed by atoms with Gasteiger partial charge in [-0.15, -0.1) is 0 Å². The quantitative estimate of drug-likeness (QED) is 0.771. The van der Waals surface area contributed by atoms with Crippen molar-refractivity contribution in [2.24, 2.45) is 0 Å². The van der Waals surface area contributed by atoms with Gasteiger partial charge < -0.3 is 9.84 Å². The van der Waals surface area contributed by atoms with Crippen molar-refractivity contribution in [1.29, 1.82) is 0 Å². The molecule has 2 aromatic rings. The van der Waals surface area contributed by atoms with E-state index in [1.165, 1.54) is 12.1 Å². The third kappa shape index (κ3) is 4.40. The van der Waals surface area contributed by atoms with Gasteiger partial charge in [0.25, 0.3) is 0 Å². The van der Waals surface area contributed by atoms with E-state index in [0.717, 1.165) is 11.1 Å². The van der Waals surface area contributed by atoms with Crippen molar-refractivity contribution in [1.82, 2.24) is 0 Å². The topological polar surface area (TPSA) is 46.5 Å². The number of aliphatic hydroxyl groups is 1. The maximum Gasteiger partial charge on any atom is 0.309 e. The summed E-state index contributed by atoms with van der Waals surface area (Å²) in [6.07, 6.45) is 2.51. The minimum Gasteiger partial charge on any atom is -0.458 e. The van der Waals surface area contributed by atoms with Gasteiger partial charge in [-0.05, 0) is 41.5 Å². The lowest BCUT2D eigenvalue weighted by Gasteiger charge is -2.23. The average molecular weight is 381 g/mol. The first kappa shape index (κ1) is 17.9. The number of cyclic esters (lactones) is 1. The van der Waals surface area contributed by atoms with Gasteiger partial charge in [0, 0.05) is 22.0 Å². The molecule has 0 amide bonds. The van der Waals surface area contributed by atoms with E-state index in [-0.39, 0.29) is 12.2 Å². The number of aliphatic hydroxyl groups excluding tert-OH is 1. The third-order valence-corrected chi connectivity index (χ3v) is 4.45. The van der Waals surface area contributed by atoms with Crippen molar-refractivity contribution in [2.75, 3.05) is 0 Å². The maximum absolute atomic E-state index is 13.2. The van der Waals surface area contributed by atoms with Crippen molar-refractivity contribution >= 4 is 35.2 Å². The van der Waals surface area contributed by atoms with Gasteiger partial charge >= 0.3 is 5.97 Å². The fourth-order valence-corrected chi connectivity index (χ4v) is 3.31. The summed E-state index contributed by atoms with van der Waals surface area (Å²) in [6, 6.07) is 9.34. The van der Waals surface area contributed by atoms with Crippen LogP contribution in [0.3, 0.4) is 0 Å². The van der Waals surface area contributed by atoms with Gasteiger partial charge in [-0.1, -0.05) is 41.4 Å². The minimum absolute atomic E-state index is 0.00682. The molecule has 1 N–H and O–H groups in total. The van der Waals surface area contributed by atoms with E-state index in [2.05, 4.69) is 0 Å². The van der Waals surface area contributed by atoms with E-state index >= 15 is 0 Å². The first-order valence-electron chi connectivity index (χ1n) is 7.73. The molecule has 0 aromatic heterocycles. The Morgan fingerprint density at radius 3 is 2.60 bits per heavy atom. The Hall–Kier alpha value is -1.88. The zero-order valence-corrected chi connectivity index (χ0v) is 14.6. The molecule has 25 heavy (non-hydrogen) atoms. The lowest BCUT2D eigenvalue weighted by molar-refractivity contribution is -0.156. The van der Waals surface area contributed by atoms with Crippen LogP contribution in [0.25, 0.3) is 17.2 Å². The predicted molar refractivity (Wildman–Crippen MR) is 96.0 cm³/mol. The summed E-state index contributed by atoms with van der Waals surface area (Å²) in [5.41, 5.74) is 2.16. The van der Waals surface area contributed by atoms with Crippen molar-refractivity contribution in [3.8, 4) is 11.1 Å². The van der Waals surface area contributed by atoms with Gasteiger partial charge in [-0.25, -0.2) is 4.39 Å². The van der Waals surface area contributed by atoms with Crippen LogP contribution in [0.2, 0.25) is 10.0 Å². The maximum atomic E-state index is 13.2. The third-order valence-electron chi connectivity index (χ3n) is 3.92. The number of esters is 1. The second-order valence-corrected chi connectivity index (χ2v) is 6.68. The molecule has 3 rings (SSSR count). The van der Waals surface area contributed by atoms with Crippen molar-refractivity contribution in [2.45, 2.75) is 25.0 Å². The molecule has 2 aromatic carbocycles. The van der Waals surface area contributed by atoms with E-state index in [1.807, 2.05) is 0 Å². The summed E-state index contributed by atoms with van der Waals surface area (Å²) < 4.78 is 18.4. The molecule has 0 radical (unpaired) electrons. The number of rotatable bonds is 3. The number of benzene rings is 2. The molecule has 0 unspecified atom stereocenters. The van der Waals surface area contributed by atoms with Gasteiger partial charge in [-0.3, -0.25) is 4.79 Å². The van der Waals surface area contributed by atoms with Crippen LogP contribution in [0.5, 0.6) is 0 Å². The number of carbonyl (C=O) groups excluding carboxylic acids is 1. The van der Waals surface area contributed by atoms with E-state index in [0.29, 0.717) is 22.0 Å². The predicted octanol–water partition coefficient (Wildman–Crippen LogP) is 4.88. The lowest BCUT2D eigenvalue weighted by Crippen LogP contribution is -2.31. The molecule has 130 valence electrons. The summed E-state index contributed by atoms with van der Waals surface area (Å²) in [5, 5.41) is 10.6. The Balaban J connectivity index is 1.96. The summed E-state index contributed by atoms with van der Waals surface area (Å²) >= 11 is 12.4. The molecule has 1 heterocycles. The second-order valence-electron chi connectivity index (χ2n) is 5.84. The number of halogens is 3. The molecule has 0 bridgehead atoms. The fraction of sp³-hybridized carbons (Fsp3) is 0.211. The monoisotopic (exact) mass is 380 g/mol. The molecule has 1 fully saturated rings. The van der Waals surface area contributed by atoms with Gasteiger partial charge in [0.1, 0.15) is 11.9 Å². The molecule has 0 aliphatic carbocycles. The van der Waals surface area contributed by atoms with Crippen molar-refractivity contribution in [3.63, 3.8) is 0 Å². The number of hydrogen-bond acceptors (Lipinski definition) is 3. The SMILES string of the molecule is O=C1C[C@@H](O)C[C@H](/C=C/c2c(Cl)cc(Cl)cc2-c2ccc(F)cc2)O1. The highest BCUT2D eigenvalue weighted by Gasteiger charge is 2.25. The second kappa shape index (κ2) is 7.56. The lowest BCUT2D eigenvalue weighted by atomic mass is 9.98. The van der Waals surface area contributed by atoms with Gasteiger partial charge in [0.15, 0.2) is 0 Å². The summed E-state index contributed by atoms with van der Waals surface area (Å²) in [7, 11) is 0. The molecule has 1 aliphatic heterocycles. The zero-order chi connectivity index (χ0) is 18.0. The molecular formula is C19H15Cl2FO3. The van der Waals surface area contributed by atoms with Crippen LogP contribution in [-0.2, 0) is 9.53 Å². The van der Waals surface area contributed by atoms with Crippen LogP contribution >= 0.6 is 23.2 Å². The Kier molecular flexibility index (Phi) is 5.42. The van der Waals surface area contributed by atoms with Crippen molar-refractivity contribution in [3.05, 3.63) is 63.9 Å². The van der Waals surface area contributed by atoms with Gasteiger partial charge in [-0.2, -0.15) is 0 Å². The van der Waals surface area contributed by atoms with Crippen LogP contribution in [-0.4, -0.2) is 23.3 Å². The smallest absolute Gasteiger partial charge is 0.309 e. The van der Waals surface area contributed by atoms with Crippen molar-refractivity contribution < 1.29 is 19.0 Å². The fourth-order valence-electron chi connectivity index (χ4n) is 2.75.